The largest absolute Gasteiger partial charge is 0.0594 e. The van der Waals surface area contributed by atoms with Gasteiger partial charge in [-0.25, -0.2) is 0 Å². The van der Waals surface area contributed by atoms with Crippen LogP contribution in [0.1, 0.15) is 90.9 Å². The zero-order chi connectivity index (χ0) is 13.8. The quantitative estimate of drug-likeness (QED) is 0.493. The van der Waals surface area contributed by atoms with Crippen LogP contribution in [-0.4, -0.2) is 0 Å². The van der Waals surface area contributed by atoms with Gasteiger partial charge in [-0.2, -0.15) is 0 Å². The molecule has 0 aromatic heterocycles. The van der Waals surface area contributed by atoms with Crippen molar-refractivity contribution in [2.45, 2.75) is 90.9 Å². The van der Waals surface area contributed by atoms with Gasteiger partial charge in [0.25, 0.3) is 0 Å². The summed E-state index contributed by atoms with van der Waals surface area (Å²) in [7, 11) is 0. The maximum Gasteiger partial charge on any atom is -0.0266 e. The van der Waals surface area contributed by atoms with Crippen molar-refractivity contribution < 1.29 is 0 Å². The van der Waals surface area contributed by atoms with Crippen molar-refractivity contribution in [1.82, 2.24) is 0 Å². The van der Waals surface area contributed by atoms with Crippen LogP contribution in [0.5, 0.6) is 0 Å². The van der Waals surface area contributed by atoms with Crippen molar-refractivity contribution in [2.24, 2.45) is 34.5 Å². The monoisotopic (exact) mass is 274 g/mol. The van der Waals surface area contributed by atoms with Crippen LogP contribution in [0.2, 0.25) is 0 Å². The summed E-state index contributed by atoms with van der Waals surface area (Å²) >= 11 is 0. The van der Waals surface area contributed by atoms with E-state index in [0.29, 0.717) is 0 Å². The Labute approximate surface area is 126 Å². The lowest BCUT2D eigenvalue weighted by atomic mass is 9.50. The Hall–Kier alpha value is 0. The molecule has 114 valence electrons. The predicted octanol–water partition coefficient (Wildman–Crippen LogP) is 6.20. The van der Waals surface area contributed by atoms with Crippen LogP contribution in [-0.2, 0) is 0 Å². The lowest BCUT2D eigenvalue weighted by Crippen LogP contribution is -2.47. The van der Waals surface area contributed by atoms with Crippen LogP contribution in [0.3, 0.4) is 0 Å². The van der Waals surface area contributed by atoms with Crippen LogP contribution in [0, 0.1) is 34.5 Å². The first-order chi connectivity index (χ1) is 9.63. The fraction of sp³-hybridized carbons (Fsp3) is 1.00. The second kappa shape index (κ2) is 4.75. The molecule has 4 aliphatic rings. The molecule has 4 fully saturated rings. The highest BCUT2D eigenvalue weighted by atomic mass is 14.6. The molecule has 20 heavy (non-hydrogen) atoms. The molecule has 0 spiro atoms. The van der Waals surface area contributed by atoms with Crippen LogP contribution >= 0.6 is 0 Å². The van der Waals surface area contributed by atoms with Crippen LogP contribution in [0.4, 0.5) is 0 Å². The zero-order valence-electron chi connectivity index (χ0n) is 13.8. The zero-order valence-corrected chi connectivity index (χ0v) is 13.8. The van der Waals surface area contributed by atoms with E-state index in [2.05, 4.69) is 13.8 Å². The van der Waals surface area contributed by atoms with Gasteiger partial charge in [0.2, 0.25) is 0 Å². The third kappa shape index (κ3) is 1.85. The van der Waals surface area contributed by atoms with Gasteiger partial charge in [-0.3, -0.25) is 0 Å². The van der Waals surface area contributed by atoms with Gasteiger partial charge in [-0.1, -0.05) is 39.5 Å². The molecule has 0 saturated heterocycles. The number of rotatable bonds is 0. The van der Waals surface area contributed by atoms with Crippen molar-refractivity contribution in [2.75, 3.05) is 0 Å². The predicted molar refractivity (Wildman–Crippen MR) is 85.6 cm³/mol. The molecular formula is C20H34. The molecule has 0 bridgehead atoms. The molecule has 4 rings (SSSR count). The fourth-order valence-corrected chi connectivity index (χ4v) is 7.49. The second-order valence-electron chi connectivity index (χ2n) is 9.34. The first-order valence-corrected chi connectivity index (χ1v) is 9.63. The molecule has 0 unspecified atom stereocenters. The van der Waals surface area contributed by atoms with Gasteiger partial charge in [-0.05, 0) is 85.9 Å². The van der Waals surface area contributed by atoms with Gasteiger partial charge in [0.1, 0.15) is 0 Å². The maximum absolute atomic E-state index is 2.72. The summed E-state index contributed by atoms with van der Waals surface area (Å²) in [6, 6.07) is 0. The minimum Gasteiger partial charge on any atom is -0.0594 e. The topological polar surface area (TPSA) is 0 Å². The summed E-state index contributed by atoms with van der Waals surface area (Å²) in [6.07, 6.45) is 18.6. The normalized spacial score (nSPS) is 55.5. The average molecular weight is 274 g/mol. The number of fused-ring (bicyclic) bond motifs is 5. The molecule has 4 aliphatic carbocycles. The third-order valence-corrected chi connectivity index (χ3v) is 8.61. The second-order valence-corrected chi connectivity index (χ2v) is 9.34. The minimum atomic E-state index is 0.726. The highest BCUT2D eigenvalue weighted by Crippen LogP contribution is 2.64. The maximum atomic E-state index is 2.72. The Morgan fingerprint density at radius 2 is 1.50 bits per heavy atom. The van der Waals surface area contributed by atoms with E-state index in [4.69, 9.17) is 0 Å². The Morgan fingerprint density at radius 3 is 2.40 bits per heavy atom. The van der Waals surface area contributed by atoms with E-state index < -0.39 is 0 Å². The summed E-state index contributed by atoms with van der Waals surface area (Å²) in [5.74, 6) is 4.37. The van der Waals surface area contributed by atoms with Crippen LogP contribution < -0.4 is 0 Å². The first-order valence-electron chi connectivity index (χ1n) is 9.63. The van der Waals surface area contributed by atoms with Crippen molar-refractivity contribution in [3.05, 3.63) is 0 Å². The molecule has 0 aliphatic heterocycles. The lowest BCUT2D eigenvalue weighted by Gasteiger charge is -2.55. The Balaban J connectivity index is 1.67. The van der Waals surface area contributed by atoms with Gasteiger partial charge >= 0.3 is 0 Å². The van der Waals surface area contributed by atoms with Crippen molar-refractivity contribution >= 4 is 0 Å². The first kappa shape index (κ1) is 13.6. The van der Waals surface area contributed by atoms with E-state index in [0.717, 1.165) is 34.5 Å². The molecule has 0 heteroatoms. The molecule has 0 amide bonds. The van der Waals surface area contributed by atoms with Gasteiger partial charge in [0, 0.05) is 0 Å². The average Bonchev–Trinajstić information content (AvgIpc) is 2.75. The smallest absolute Gasteiger partial charge is 0.0266 e. The summed E-state index contributed by atoms with van der Waals surface area (Å²) in [6.45, 7) is 5.36. The van der Waals surface area contributed by atoms with E-state index in [1.165, 1.54) is 19.3 Å². The van der Waals surface area contributed by atoms with Crippen LogP contribution in [0.25, 0.3) is 0 Å². The summed E-state index contributed by atoms with van der Waals surface area (Å²) in [4.78, 5) is 0. The van der Waals surface area contributed by atoms with Gasteiger partial charge in [-0.15, -0.1) is 0 Å². The molecule has 0 heterocycles. The van der Waals surface area contributed by atoms with Gasteiger partial charge in [0.15, 0.2) is 0 Å². The highest BCUT2D eigenvalue weighted by Gasteiger charge is 2.55. The highest BCUT2D eigenvalue weighted by molar-refractivity contribution is 5.05. The molecule has 0 aromatic carbocycles. The number of hydrogen-bond acceptors (Lipinski definition) is 0. The SMILES string of the molecule is C[C@@]12CCC[C@H]1[C@@H]1CCC[C@H]3CCCC[C@]3(C)[C@H]1CC2. The Kier molecular flexibility index (Phi) is 3.24. The fourth-order valence-electron chi connectivity index (χ4n) is 7.49. The molecule has 0 aromatic rings. The van der Waals surface area contributed by atoms with E-state index in [9.17, 15) is 0 Å². The van der Waals surface area contributed by atoms with Crippen molar-refractivity contribution in [3.63, 3.8) is 0 Å². The summed E-state index contributed by atoms with van der Waals surface area (Å²) in [5, 5.41) is 0. The standard InChI is InChI=1S/C20H34/c1-19-12-6-10-17(19)16-9-5-8-15-7-3-4-13-20(15,2)18(16)11-14-19/h15-18H,3-14H2,1-2H3/t15-,16+,17+,18+,19+,20+/m1/s1. The molecule has 0 nitrogen and oxygen atoms in total. The third-order valence-electron chi connectivity index (χ3n) is 8.61. The van der Waals surface area contributed by atoms with E-state index in [1.54, 1.807) is 57.8 Å². The molecular weight excluding hydrogens is 240 g/mol. The molecule has 6 atom stereocenters. The van der Waals surface area contributed by atoms with E-state index in [1.807, 2.05) is 0 Å². The Morgan fingerprint density at radius 1 is 0.650 bits per heavy atom. The number of hydrogen-bond donors (Lipinski definition) is 0. The molecule has 0 radical (unpaired) electrons. The van der Waals surface area contributed by atoms with E-state index in [-0.39, 0.29) is 0 Å². The lowest BCUT2D eigenvalue weighted by molar-refractivity contribution is -0.0550. The van der Waals surface area contributed by atoms with Gasteiger partial charge in [0.05, 0.1) is 0 Å². The molecule has 4 saturated carbocycles. The van der Waals surface area contributed by atoms with Crippen molar-refractivity contribution in [1.29, 1.82) is 0 Å². The minimum absolute atomic E-state index is 0.726. The summed E-state index contributed by atoms with van der Waals surface area (Å²) in [5.41, 5.74) is 1.47. The Bertz CT molecular complexity index is 372. The summed E-state index contributed by atoms with van der Waals surface area (Å²) < 4.78 is 0. The van der Waals surface area contributed by atoms with Gasteiger partial charge < -0.3 is 0 Å². The van der Waals surface area contributed by atoms with Crippen LogP contribution in [0.15, 0.2) is 0 Å². The van der Waals surface area contributed by atoms with E-state index >= 15 is 0 Å². The van der Waals surface area contributed by atoms with Crippen molar-refractivity contribution in [3.8, 4) is 0 Å². The molecule has 0 N–H and O–H groups in total.